The molecule has 0 spiro atoms. The van der Waals surface area contributed by atoms with Crippen molar-refractivity contribution in [2.24, 2.45) is 5.92 Å². The van der Waals surface area contributed by atoms with Crippen LogP contribution in [0.5, 0.6) is 0 Å². The van der Waals surface area contributed by atoms with E-state index in [4.69, 9.17) is 14.5 Å². The summed E-state index contributed by atoms with van der Waals surface area (Å²) in [5.74, 6) is 1.05. The van der Waals surface area contributed by atoms with Crippen molar-refractivity contribution in [3.05, 3.63) is 35.9 Å². The number of nitrogens with one attached hydrogen (secondary N) is 2. The van der Waals surface area contributed by atoms with Crippen molar-refractivity contribution in [1.82, 2.24) is 9.88 Å². The van der Waals surface area contributed by atoms with Crippen LogP contribution in [0.1, 0.15) is 31.7 Å². The number of alkyl halides is 3. The number of carbonyl (C=O) groups excluding carboxylic acids is 1. The van der Waals surface area contributed by atoms with Gasteiger partial charge in [-0.25, -0.2) is 9.78 Å². The lowest BCUT2D eigenvalue weighted by Gasteiger charge is -2.30. The molecule has 0 radical (unpaired) electrons. The van der Waals surface area contributed by atoms with E-state index < -0.39 is 18.5 Å². The van der Waals surface area contributed by atoms with E-state index in [0.717, 1.165) is 47.8 Å². The Hall–Kier alpha value is -3.05. The minimum atomic E-state index is -4.22. The average Bonchev–Trinajstić information content (AvgIpc) is 3.53. The van der Waals surface area contributed by atoms with E-state index in [9.17, 15) is 18.0 Å². The number of halogens is 3. The van der Waals surface area contributed by atoms with Crippen molar-refractivity contribution in [3.8, 4) is 11.1 Å². The SMILES string of the molecule is Cc1ccc(NC(=O)N2CCC(CC(F)(F)F)C2)cc1-c1cc(NC2(C)CCOC2)nc(N2CCOCC2)c1. The van der Waals surface area contributed by atoms with Crippen LogP contribution >= 0.6 is 0 Å². The average molecular weight is 548 g/mol. The van der Waals surface area contributed by atoms with Crippen LogP contribution in [0, 0.1) is 12.8 Å². The normalized spacial score (nSPS) is 23.8. The highest BCUT2D eigenvalue weighted by atomic mass is 19.4. The second kappa shape index (κ2) is 11.2. The first-order valence-electron chi connectivity index (χ1n) is 13.5. The van der Waals surface area contributed by atoms with Crippen molar-refractivity contribution >= 4 is 23.4 Å². The van der Waals surface area contributed by atoms with Gasteiger partial charge < -0.3 is 29.9 Å². The maximum Gasteiger partial charge on any atom is 0.389 e. The number of rotatable bonds is 6. The number of benzene rings is 1. The van der Waals surface area contributed by atoms with Gasteiger partial charge in [-0.3, -0.25) is 0 Å². The summed E-state index contributed by atoms with van der Waals surface area (Å²) in [4.78, 5) is 21.5. The maximum atomic E-state index is 12.9. The van der Waals surface area contributed by atoms with E-state index in [0.29, 0.717) is 45.1 Å². The lowest BCUT2D eigenvalue weighted by molar-refractivity contribution is -0.143. The number of hydrogen-bond donors (Lipinski definition) is 2. The number of urea groups is 1. The highest BCUT2D eigenvalue weighted by Crippen LogP contribution is 2.34. The Morgan fingerprint density at radius 3 is 2.64 bits per heavy atom. The molecule has 212 valence electrons. The Morgan fingerprint density at radius 1 is 1.13 bits per heavy atom. The van der Waals surface area contributed by atoms with Gasteiger partial charge in [0.05, 0.1) is 25.4 Å². The Kier molecular flexibility index (Phi) is 7.91. The van der Waals surface area contributed by atoms with E-state index in [1.165, 1.54) is 4.90 Å². The molecule has 2 atom stereocenters. The molecule has 3 fully saturated rings. The number of hydrogen-bond acceptors (Lipinski definition) is 6. The lowest BCUT2D eigenvalue weighted by Crippen LogP contribution is -2.38. The molecule has 1 aromatic carbocycles. The largest absolute Gasteiger partial charge is 0.389 e. The van der Waals surface area contributed by atoms with E-state index in [2.05, 4.69) is 28.5 Å². The molecule has 11 heteroatoms. The van der Waals surface area contributed by atoms with Gasteiger partial charge in [-0.2, -0.15) is 13.2 Å². The molecule has 3 aliphatic rings. The topological polar surface area (TPSA) is 79.0 Å². The second-order valence-electron chi connectivity index (χ2n) is 11.1. The molecule has 4 heterocycles. The Balaban J connectivity index is 1.38. The number of carbonyl (C=O) groups is 1. The zero-order valence-corrected chi connectivity index (χ0v) is 22.4. The van der Waals surface area contributed by atoms with Crippen LogP contribution in [0.15, 0.2) is 30.3 Å². The molecule has 3 saturated heterocycles. The number of amides is 2. The molecule has 2 amide bonds. The number of nitrogens with zero attached hydrogens (tertiary/aromatic N) is 3. The smallest absolute Gasteiger partial charge is 0.379 e. The van der Waals surface area contributed by atoms with Crippen molar-refractivity contribution in [2.75, 3.05) is 68.1 Å². The molecule has 2 aromatic rings. The number of ether oxygens (including phenoxy) is 2. The first kappa shape index (κ1) is 27.5. The van der Waals surface area contributed by atoms with Crippen molar-refractivity contribution in [1.29, 1.82) is 0 Å². The highest BCUT2D eigenvalue weighted by Gasteiger charge is 2.36. The molecule has 8 nitrogen and oxygen atoms in total. The molecule has 39 heavy (non-hydrogen) atoms. The van der Waals surface area contributed by atoms with Crippen molar-refractivity contribution < 1.29 is 27.4 Å². The molecular weight excluding hydrogens is 511 g/mol. The van der Waals surface area contributed by atoms with Gasteiger partial charge in [-0.05, 0) is 73.6 Å². The van der Waals surface area contributed by atoms with Gasteiger partial charge in [-0.1, -0.05) is 6.07 Å². The maximum absolute atomic E-state index is 12.9. The molecule has 0 bridgehead atoms. The number of aromatic nitrogens is 1. The first-order valence-corrected chi connectivity index (χ1v) is 13.5. The zero-order valence-electron chi connectivity index (χ0n) is 22.4. The van der Waals surface area contributed by atoms with Crippen LogP contribution in [0.4, 0.5) is 35.3 Å². The van der Waals surface area contributed by atoms with Crippen LogP contribution in [0.3, 0.4) is 0 Å². The first-order chi connectivity index (χ1) is 18.6. The van der Waals surface area contributed by atoms with Gasteiger partial charge in [0.1, 0.15) is 11.6 Å². The fourth-order valence-electron chi connectivity index (χ4n) is 5.49. The summed E-state index contributed by atoms with van der Waals surface area (Å²) in [7, 11) is 0. The third-order valence-corrected chi connectivity index (χ3v) is 7.69. The summed E-state index contributed by atoms with van der Waals surface area (Å²) >= 11 is 0. The minimum absolute atomic E-state index is 0.106. The van der Waals surface area contributed by atoms with Gasteiger partial charge in [-0.15, -0.1) is 0 Å². The molecule has 5 rings (SSSR count). The third kappa shape index (κ3) is 6.94. The van der Waals surface area contributed by atoms with Crippen molar-refractivity contribution in [3.63, 3.8) is 0 Å². The molecule has 2 N–H and O–H groups in total. The van der Waals surface area contributed by atoms with Gasteiger partial charge >= 0.3 is 12.2 Å². The second-order valence-corrected chi connectivity index (χ2v) is 11.1. The van der Waals surface area contributed by atoms with Gasteiger partial charge in [0, 0.05) is 44.9 Å². The summed E-state index contributed by atoms with van der Waals surface area (Å²) in [5, 5.41) is 6.47. The number of aryl methyl sites for hydroxylation is 1. The fourth-order valence-corrected chi connectivity index (χ4v) is 5.49. The van der Waals surface area contributed by atoms with Gasteiger partial charge in [0.25, 0.3) is 0 Å². The predicted molar refractivity (Wildman–Crippen MR) is 144 cm³/mol. The molecule has 3 aliphatic heterocycles. The third-order valence-electron chi connectivity index (χ3n) is 7.69. The minimum Gasteiger partial charge on any atom is -0.379 e. The number of anilines is 3. The van der Waals surface area contributed by atoms with E-state index >= 15 is 0 Å². The standard InChI is InChI=1S/C28H36F3N5O3/c1-19-3-4-22(32-26(37)36-7-5-20(17-36)16-28(29,30)31)15-23(19)21-13-24(34-27(2)6-10-39-18-27)33-25(14-21)35-8-11-38-12-9-35/h3-4,13-15,20H,5-12,16-18H2,1-2H3,(H,32,37)(H,33,34). The summed E-state index contributed by atoms with van der Waals surface area (Å²) < 4.78 is 49.5. The van der Waals surface area contributed by atoms with Crippen LogP contribution in [0.2, 0.25) is 0 Å². The van der Waals surface area contributed by atoms with Gasteiger partial charge in [0.15, 0.2) is 0 Å². The van der Waals surface area contributed by atoms with Crippen molar-refractivity contribution in [2.45, 2.75) is 44.8 Å². The summed E-state index contributed by atoms with van der Waals surface area (Å²) in [6, 6.07) is 9.37. The van der Waals surface area contributed by atoms with Crippen LogP contribution < -0.4 is 15.5 Å². The molecule has 0 aliphatic carbocycles. The Labute approximate surface area is 226 Å². The van der Waals surface area contributed by atoms with E-state index in [1.54, 1.807) is 0 Å². The molecule has 1 aromatic heterocycles. The van der Waals surface area contributed by atoms with Crippen LogP contribution in [-0.4, -0.2) is 80.2 Å². The number of morpholine rings is 1. The molecule has 0 saturated carbocycles. The number of pyridine rings is 1. The summed E-state index contributed by atoms with van der Waals surface area (Å²) in [6.07, 6.45) is -3.84. The lowest BCUT2D eigenvalue weighted by atomic mass is 9.99. The summed E-state index contributed by atoms with van der Waals surface area (Å²) in [6.45, 7) is 8.64. The highest BCUT2D eigenvalue weighted by molar-refractivity contribution is 5.91. The quantitative estimate of drug-likeness (QED) is 0.512. The Morgan fingerprint density at radius 2 is 1.92 bits per heavy atom. The Bertz CT molecular complexity index is 1180. The monoisotopic (exact) mass is 547 g/mol. The van der Waals surface area contributed by atoms with E-state index in [1.807, 2.05) is 31.2 Å². The van der Waals surface area contributed by atoms with Gasteiger partial charge in [0.2, 0.25) is 0 Å². The van der Waals surface area contributed by atoms with Crippen LogP contribution in [-0.2, 0) is 9.47 Å². The molecular formula is C28H36F3N5O3. The predicted octanol–water partition coefficient (Wildman–Crippen LogP) is 5.29. The molecule has 2 unspecified atom stereocenters. The summed E-state index contributed by atoms with van der Waals surface area (Å²) in [5.41, 5.74) is 3.31. The fraction of sp³-hybridized carbons (Fsp3) is 0.571. The zero-order chi connectivity index (χ0) is 27.6. The van der Waals surface area contributed by atoms with Crippen LogP contribution in [0.25, 0.3) is 11.1 Å². The number of likely N-dealkylation sites (tertiary alicyclic amines) is 1. The van der Waals surface area contributed by atoms with E-state index in [-0.39, 0.29) is 18.1 Å².